The summed E-state index contributed by atoms with van der Waals surface area (Å²) in [6.45, 7) is 7.00. The number of nitrogens with one attached hydrogen (secondary N) is 1. The molecule has 0 saturated heterocycles. The molecular formula is C16H23N3OS. The SMILES string of the molecule is Cc1ccc2nc(NC(=O)CCC(C)(C)CCN)sc2c1. The number of hydrogen-bond acceptors (Lipinski definition) is 4. The lowest BCUT2D eigenvalue weighted by Gasteiger charge is -2.23. The second-order valence-electron chi connectivity index (χ2n) is 6.24. The van der Waals surface area contributed by atoms with Crippen LogP contribution >= 0.6 is 11.3 Å². The van der Waals surface area contributed by atoms with Crippen molar-refractivity contribution in [1.82, 2.24) is 4.98 Å². The van der Waals surface area contributed by atoms with Crippen LogP contribution in [0.4, 0.5) is 5.13 Å². The first-order valence-electron chi connectivity index (χ1n) is 7.27. The maximum Gasteiger partial charge on any atom is 0.226 e. The molecule has 0 aliphatic rings. The van der Waals surface area contributed by atoms with Gasteiger partial charge in [-0.2, -0.15) is 0 Å². The first kappa shape index (κ1) is 15.9. The van der Waals surface area contributed by atoms with Gasteiger partial charge in [0.05, 0.1) is 10.2 Å². The lowest BCUT2D eigenvalue weighted by Crippen LogP contribution is -2.20. The number of fused-ring (bicyclic) bond motifs is 1. The van der Waals surface area contributed by atoms with Crippen molar-refractivity contribution in [1.29, 1.82) is 0 Å². The van der Waals surface area contributed by atoms with Gasteiger partial charge in [0.15, 0.2) is 5.13 Å². The molecule has 0 aliphatic heterocycles. The van der Waals surface area contributed by atoms with Gasteiger partial charge in [0.2, 0.25) is 5.91 Å². The van der Waals surface area contributed by atoms with Crippen molar-refractivity contribution in [2.24, 2.45) is 11.1 Å². The largest absolute Gasteiger partial charge is 0.330 e. The Hall–Kier alpha value is -1.46. The molecule has 1 aromatic heterocycles. The topological polar surface area (TPSA) is 68.0 Å². The van der Waals surface area contributed by atoms with Crippen LogP contribution in [0.15, 0.2) is 18.2 Å². The zero-order valence-corrected chi connectivity index (χ0v) is 13.7. The van der Waals surface area contributed by atoms with Gasteiger partial charge in [0.1, 0.15) is 0 Å². The summed E-state index contributed by atoms with van der Waals surface area (Å²) in [5.74, 6) is 0.0240. The number of carbonyl (C=O) groups is 1. The van der Waals surface area contributed by atoms with Crippen LogP contribution in [0.1, 0.15) is 38.7 Å². The lowest BCUT2D eigenvalue weighted by atomic mass is 9.84. The minimum absolute atomic E-state index is 0.0240. The maximum absolute atomic E-state index is 12.0. The normalized spacial score (nSPS) is 11.8. The molecule has 114 valence electrons. The molecule has 0 aliphatic carbocycles. The molecule has 1 heterocycles. The highest BCUT2D eigenvalue weighted by molar-refractivity contribution is 7.22. The highest BCUT2D eigenvalue weighted by atomic mass is 32.1. The number of rotatable bonds is 6. The number of aryl methyl sites for hydroxylation is 1. The Kier molecular flexibility index (Phi) is 4.96. The zero-order chi connectivity index (χ0) is 15.5. The van der Waals surface area contributed by atoms with E-state index in [1.165, 1.54) is 16.9 Å². The number of amides is 1. The van der Waals surface area contributed by atoms with Crippen LogP contribution in [-0.4, -0.2) is 17.4 Å². The van der Waals surface area contributed by atoms with E-state index in [4.69, 9.17) is 5.73 Å². The third kappa shape index (κ3) is 4.51. The van der Waals surface area contributed by atoms with Crippen LogP contribution in [0, 0.1) is 12.3 Å². The molecule has 0 unspecified atom stereocenters. The number of carbonyl (C=O) groups excluding carboxylic acids is 1. The molecule has 2 aromatic rings. The van der Waals surface area contributed by atoms with Crippen LogP contribution < -0.4 is 11.1 Å². The fourth-order valence-corrected chi connectivity index (χ4v) is 3.21. The van der Waals surface area contributed by atoms with Crippen LogP contribution in [0.5, 0.6) is 0 Å². The third-order valence-electron chi connectivity index (χ3n) is 3.64. The van der Waals surface area contributed by atoms with E-state index < -0.39 is 0 Å². The number of benzene rings is 1. The van der Waals surface area contributed by atoms with Gasteiger partial charge in [-0.15, -0.1) is 0 Å². The summed E-state index contributed by atoms with van der Waals surface area (Å²) >= 11 is 1.52. The second-order valence-corrected chi connectivity index (χ2v) is 7.27. The molecule has 0 saturated carbocycles. The molecule has 2 rings (SSSR count). The fourth-order valence-electron chi connectivity index (χ4n) is 2.23. The van der Waals surface area contributed by atoms with Crippen molar-refractivity contribution in [3.63, 3.8) is 0 Å². The minimum Gasteiger partial charge on any atom is -0.330 e. The van der Waals surface area contributed by atoms with E-state index in [1.807, 2.05) is 12.1 Å². The van der Waals surface area contributed by atoms with E-state index in [2.05, 4.69) is 37.1 Å². The molecule has 0 bridgehead atoms. The Bertz CT molecular complexity index is 633. The number of hydrogen-bond donors (Lipinski definition) is 2. The molecule has 1 aromatic carbocycles. The van der Waals surface area contributed by atoms with E-state index >= 15 is 0 Å². The average Bonchev–Trinajstić information content (AvgIpc) is 2.77. The highest BCUT2D eigenvalue weighted by Crippen LogP contribution is 2.28. The summed E-state index contributed by atoms with van der Waals surface area (Å²) in [4.78, 5) is 16.5. The molecule has 3 N–H and O–H groups in total. The predicted octanol–water partition coefficient (Wildman–Crippen LogP) is 3.70. The van der Waals surface area contributed by atoms with Gasteiger partial charge in [-0.3, -0.25) is 4.79 Å². The number of aromatic nitrogens is 1. The molecular weight excluding hydrogens is 282 g/mol. The Morgan fingerprint density at radius 2 is 2.14 bits per heavy atom. The standard InChI is InChI=1S/C16H23N3OS/c1-11-4-5-12-13(10-11)21-15(18-12)19-14(20)6-7-16(2,3)8-9-17/h4-5,10H,6-9,17H2,1-3H3,(H,18,19,20). The molecule has 0 radical (unpaired) electrons. The molecule has 5 heteroatoms. The Balaban J connectivity index is 1.95. The number of thiazole rings is 1. The number of nitrogens with two attached hydrogens (primary N) is 1. The molecule has 4 nitrogen and oxygen atoms in total. The zero-order valence-electron chi connectivity index (χ0n) is 12.9. The van der Waals surface area contributed by atoms with E-state index in [0.29, 0.717) is 18.1 Å². The van der Waals surface area contributed by atoms with Gasteiger partial charge < -0.3 is 11.1 Å². The van der Waals surface area contributed by atoms with Crippen molar-refractivity contribution in [2.75, 3.05) is 11.9 Å². The molecule has 1 amide bonds. The predicted molar refractivity (Wildman–Crippen MR) is 89.7 cm³/mol. The van der Waals surface area contributed by atoms with Crippen molar-refractivity contribution in [3.05, 3.63) is 23.8 Å². The number of anilines is 1. The highest BCUT2D eigenvalue weighted by Gasteiger charge is 2.18. The minimum atomic E-state index is 0.0240. The van der Waals surface area contributed by atoms with E-state index in [1.54, 1.807) is 0 Å². The van der Waals surface area contributed by atoms with Crippen molar-refractivity contribution < 1.29 is 4.79 Å². The van der Waals surface area contributed by atoms with Crippen LogP contribution in [0.2, 0.25) is 0 Å². The summed E-state index contributed by atoms with van der Waals surface area (Å²) in [6, 6.07) is 6.11. The van der Waals surface area contributed by atoms with Crippen LogP contribution in [0.25, 0.3) is 10.2 Å². The third-order valence-corrected chi connectivity index (χ3v) is 4.57. The summed E-state index contributed by atoms with van der Waals surface area (Å²) in [5, 5.41) is 3.58. The Morgan fingerprint density at radius 1 is 1.38 bits per heavy atom. The van der Waals surface area contributed by atoms with Gasteiger partial charge in [0.25, 0.3) is 0 Å². The van der Waals surface area contributed by atoms with Crippen molar-refractivity contribution in [3.8, 4) is 0 Å². The van der Waals surface area contributed by atoms with Gasteiger partial charge in [-0.1, -0.05) is 31.3 Å². The Labute approximate surface area is 129 Å². The first-order valence-corrected chi connectivity index (χ1v) is 8.08. The maximum atomic E-state index is 12.0. The summed E-state index contributed by atoms with van der Waals surface area (Å²) in [6.07, 6.45) is 2.27. The van der Waals surface area contributed by atoms with Gasteiger partial charge >= 0.3 is 0 Å². The summed E-state index contributed by atoms with van der Waals surface area (Å²) < 4.78 is 1.11. The molecule has 0 fully saturated rings. The lowest BCUT2D eigenvalue weighted by molar-refractivity contribution is -0.116. The average molecular weight is 305 g/mol. The summed E-state index contributed by atoms with van der Waals surface area (Å²) in [5.41, 5.74) is 7.83. The quantitative estimate of drug-likeness (QED) is 0.855. The second kappa shape index (κ2) is 6.54. The fraction of sp³-hybridized carbons (Fsp3) is 0.500. The van der Waals surface area contributed by atoms with E-state index in [9.17, 15) is 4.79 Å². The monoisotopic (exact) mass is 305 g/mol. The van der Waals surface area contributed by atoms with Crippen LogP contribution in [0.3, 0.4) is 0 Å². The van der Waals surface area contributed by atoms with Crippen molar-refractivity contribution in [2.45, 2.75) is 40.0 Å². The van der Waals surface area contributed by atoms with Crippen LogP contribution in [-0.2, 0) is 4.79 Å². The van der Waals surface area contributed by atoms with Gasteiger partial charge in [0, 0.05) is 6.42 Å². The molecule has 0 spiro atoms. The number of nitrogens with zero attached hydrogens (tertiary/aromatic N) is 1. The first-order chi connectivity index (χ1) is 9.89. The van der Waals surface area contributed by atoms with Crippen molar-refractivity contribution >= 4 is 32.6 Å². The van der Waals surface area contributed by atoms with Gasteiger partial charge in [-0.25, -0.2) is 4.98 Å². The smallest absolute Gasteiger partial charge is 0.226 e. The molecule has 0 atom stereocenters. The van der Waals surface area contributed by atoms with E-state index in [0.717, 1.165) is 23.1 Å². The van der Waals surface area contributed by atoms with Gasteiger partial charge in [-0.05, 0) is 49.4 Å². The van der Waals surface area contributed by atoms with E-state index in [-0.39, 0.29) is 11.3 Å². The molecule has 21 heavy (non-hydrogen) atoms. The summed E-state index contributed by atoms with van der Waals surface area (Å²) in [7, 11) is 0. The Morgan fingerprint density at radius 3 is 2.86 bits per heavy atom.